The van der Waals surface area contributed by atoms with Gasteiger partial charge in [0.25, 0.3) is 5.91 Å². The second-order valence-corrected chi connectivity index (χ2v) is 5.93. The highest BCUT2D eigenvalue weighted by Gasteiger charge is 2.31. The summed E-state index contributed by atoms with van der Waals surface area (Å²) in [6.45, 7) is 2.03. The van der Waals surface area contributed by atoms with Gasteiger partial charge in [-0.3, -0.25) is 4.79 Å². The molecule has 0 atom stereocenters. The van der Waals surface area contributed by atoms with Crippen molar-refractivity contribution in [2.24, 2.45) is 0 Å². The molecule has 0 radical (unpaired) electrons. The molecule has 1 saturated carbocycles. The van der Waals surface area contributed by atoms with Crippen LogP contribution in [0.5, 0.6) is 0 Å². The van der Waals surface area contributed by atoms with E-state index in [1.54, 1.807) is 13.0 Å². The lowest BCUT2D eigenvalue weighted by molar-refractivity contribution is 0.0450. The second-order valence-electron chi connectivity index (χ2n) is 5.93. The van der Waals surface area contributed by atoms with Gasteiger partial charge >= 0.3 is 0 Å². The van der Waals surface area contributed by atoms with E-state index in [1.165, 1.54) is 12.1 Å². The molecule has 4 nitrogen and oxygen atoms in total. The molecule has 0 aliphatic heterocycles. The highest BCUT2D eigenvalue weighted by molar-refractivity contribution is 6.08. The highest BCUT2D eigenvalue weighted by Crippen LogP contribution is 2.29. The fourth-order valence-electron chi connectivity index (χ4n) is 3.13. The zero-order chi connectivity index (χ0) is 15.0. The predicted octanol–water partition coefficient (Wildman–Crippen LogP) is 2.65. The molecule has 1 heterocycles. The van der Waals surface area contributed by atoms with Gasteiger partial charge < -0.3 is 15.4 Å². The van der Waals surface area contributed by atoms with Crippen LogP contribution in [0.4, 0.5) is 4.39 Å². The standard InChI is InChI=1S/C16H19FN2O2/c1-10-14(12-8-11(17)4-5-13(12)19-10)15(20)18-9-16(21)6-2-3-7-16/h4-5,8,19,21H,2-3,6-7,9H2,1H3,(H,18,20). The summed E-state index contributed by atoms with van der Waals surface area (Å²) in [6.07, 6.45) is 3.41. The van der Waals surface area contributed by atoms with E-state index in [4.69, 9.17) is 0 Å². The number of hydrogen-bond donors (Lipinski definition) is 3. The van der Waals surface area contributed by atoms with Crippen LogP contribution in [-0.4, -0.2) is 28.1 Å². The molecule has 21 heavy (non-hydrogen) atoms. The SMILES string of the molecule is Cc1[nH]c2ccc(F)cc2c1C(=O)NCC1(O)CCCC1. The largest absolute Gasteiger partial charge is 0.388 e. The van der Waals surface area contributed by atoms with Crippen LogP contribution in [-0.2, 0) is 0 Å². The topological polar surface area (TPSA) is 65.1 Å². The van der Waals surface area contributed by atoms with Gasteiger partial charge in [0.05, 0.1) is 11.2 Å². The minimum atomic E-state index is -0.791. The van der Waals surface area contributed by atoms with Crippen molar-refractivity contribution in [1.82, 2.24) is 10.3 Å². The van der Waals surface area contributed by atoms with Crippen LogP contribution in [0.15, 0.2) is 18.2 Å². The zero-order valence-electron chi connectivity index (χ0n) is 12.0. The van der Waals surface area contributed by atoms with Crippen LogP contribution in [0.25, 0.3) is 10.9 Å². The number of aromatic amines is 1. The molecule has 5 heteroatoms. The van der Waals surface area contributed by atoms with Gasteiger partial charge in [0.1, 0.15) is 5.82 Å². The van der Waals surface area contributed by atoms with Crippen molar-refractivity contribution in [2.45, 2.75) is 38.2 Å². The number of hydrogen-bond acceptors (Lipinski definition) is 2. The summed E-state index contributed by atoms with van der Waals surface area (Å²) in [5.74, 6) is -0.644. The Bertz CT molecular complexity index is 687. The normalized spacial score (nSPS) is 17.3. The summed E-state index contributed by atoms with van der Waals surface area (Å²) in [4.78, 5) is 15.5. The number of aryl methyl sites for hydroxylation is 1. The monoisotopic (exact) mass is 290 g/mol. The summed E-state index contributed by atoms with van der Waals surface area (Å²) < 4.78 is 13.4. The first kappa shape index (κ1) is 14.1. The maximum absolute atomic E-state index is 13.4. The minimum Gasteiger partial charge on any atom is -0.388 e. The van der Waals surface area contributed by atoms with Crippen molar-refractivity contribution < 1.29 is 14.3 Å². The molecule has 3 rings (SSSR count). The second kappa shape index (κ2) is 5.15. The molecular weight excluding hydrogens is 271 g/mol. The molecule has 112 valence electrons. The van der Waals surface area contributed by atoms with E-state index in [2.05, 4.69) is 10.3 Å². The lowest BCUT2D eigenvalue weighted by Gasteiger charge is -2.22. The van der Waals surface area contributed by atoms with E-state index < -0.39 is 5.60 Å². The quantitative estimate of drug-likeness (QED) is 0.813. The molecule has 3 N–H and O–H groups in total. The zero-order valence-corrected chi connectivity index (χ0v) is 12.0. The number of amides is 1. The van der Waals surface area contributed by atoms with Gasteiger partial charge in [-0.25, -0.2) is 4.39 Å². The van der Waals surface area contributed by atoms with Gasteiger partial charge in [-0.15, -0.1) is 0 Å². The number of rotatable bonds is 3. The third-order valence-electron chi connectivity index (χ3n) is 4.29. The van der Waals surface area contributed by atoms with E-state index in [9.17, 15) is 14.3 Å². The van der Waals surface area contributed by atoms with Crippen molar-refractivity contribution in [3.63, 3.8) is 0 Å². The molecule has 0 saturated heterocycles. The third kappa shape index (κ3) is 2.65. The summed E-state index contributed by atoms with van der Waals surface area (Å²) in [5, 5.41) is 13.6. The molecule has 1 aliphatic carbocycles. The summed E-state index contributed by atoms with van der Waals surface area (Å²) >= 11 is 0. The summed E-state index contributed by atoms with van der Waals surface area (Å²) in [7, 11) is 0. The van der Waals surface area contributed by atoms with Gasteiger partial charge in [-0.05, 0) is 38.0 Å². The first-order valence-corrected chi connectivity index (χ1v) is 7.27. The molecule has 1 fully saturated rings. The number of carbonyl (C=O) groups excluding carboxylic acids is 1. The third-order valence-corrected chi connectivity index (χ3v) is 4.29. The Morgan fingerprint density at radius 2 is 2.14 bits per heavy atom. The predicted molar refractivity (Wildman–Crippen MR) is 78.7 cm³/mol. The van der Waals surface area contributed by atoms with Gasteiger partial charge in [0.2, 0.25) is 0 Å². The molecule has 1 amide bonds. The van der Waals surface area contributed by atoms with Crippen molar-refractivity contribution in [1.29, 1.82) is 0 Å². The number of benzene rings is 1. The molecule has 0 bridgehead atoms. The maximum atomic E-state index is 13.4. The number of aromatic nitrogens is 1. The van der Waals surface area contributed by atoms with E-state index in [-0.39, 0.29) is 18.3 Å². The van der Waals surface area contributed by atoms with Crippen molar-refractivity contribution in [3.05, 3.63) is 35.3 Å². The molecule has 2 aromatic rings. The smallest absolute Gasteiger partial charge is 0.253 e. The van der Waals surface area contributed by atoms with Crippen LogP contribution in [0, 0.1) is 12.7 Å². The van der Waals surface area contributed by atoms with E-state index in [1.807, 2.05) is 0 Å². The van der Waals surface area contributed by atoms with Crippen molar-refractivity contribution in [3.8, 4) is 0 Å². The van der Waals surface area contributed by atoms with Gasteiger partial charge in [0, 0.05) is 23.1 Å². The highest BCUT2D eigenvalue weighted by atomic mass is 19.1. The first-order chi connectivity index (χ1) is 9.98. The number of halogens is 1. The number of aliphatic hydroxyl groups is 1. The molecule has 1 aromatic carbocycles. The van der Waals surface area contributed by atoms with Crippen LogP contribution in [0.2, 0.25) is 0 Å². The Morgan fingerprint density at radius 1 is 1.43 bits per heavy atom. The first-order valence-electron chi connectivity index (χ1n) is 7.27. The molecule has 1 aliphatic rings. The molecule has 0 unspecified atom stereocenters. The lowest BCUT2D eigenvalue weighted by Crippen LogP contribution is -2.40. The Balaban J connectivity index is 1.84. The number of nitrogens with one attached hydrogen (secondary N) is 2. The van der Waals surface area contributed by atoms with Crippen LogP contribution < -0.4 is 5.32 Å². The van der Waals surface area contributed by atoms with Crippen LogP contribution >= 0.6 is 0 Å². The molecule has 0 spiro atoms. The van der Waals surface area contributed by atoms with Gasteiger partial charge in [-0.1, -0.05) is 12.8 Å². The Hall–Kier alpha value is -1.88. The number of carbonyl (C=O) groups is 1. The maximum Gasteiger partial charge on any atom is 0.253 e. The average molecular weight is 290 g/mol. The van der Waals surface area contributed by atoms with Crippen LogP contribution in [0.1, 0.15) is 41.7 Å². The Labute approximate surface area is 122 Å². The molecule has 1 aromatic heterocycles. The summed E-state index contributed by atoms with van der Waals surface area (Å²) in [5.41, 5.74) is 1.09. The van der Waals surface area contributed by atoms with Crippen molar-refractivity contribution >= 4 is 16.8 Å². The Kier molecular flexibility index (Phi) is 3.45. The minimum absolute atomic E-state index is 0.243. The number of H-pyrrole nitrogens is 1. The summed E-state index contributed by atoms with van der Waals surface area (Å²) in [6, 6.07) is 4.35. The molecular formula is C16H19FN2O2. The van der Waals surface area contributed by atoms with Gasteiger partial charge in [-0.2, -0.15) is 0 Å². The van der Waals surface area contributed by atoms with Crippen molar-refractivity contribution in [2.75, 3.05) is 6.54 Å². The number of fused-ring (bicyclic) bond motifs is 1. The van der Waals surface area contributed by atoms with E-state index in [0.717, 1.165) is 31.2 Å². The Morgan fingerprint density at radius 3 is 2.86 bits per heavy atom. The lowest BCUT2D eigenvalue weighted by atomic mass is 10.0. The van der Waals surface area contributed by atoms with E-state index >= 15 is 0 Å². The fourth-order valence-corrected chi connectivity index (χ4v) is 3.13. The average Bonchev–Trinajstić information content (AvgIpc) is 3.00. The fraction of sp³-hybridized carbons (Fsp3) is 0.438. The van der Waals surface area contributed by atoms with Gasteiger partial charge in [0.15, 0.2) is 0 Å². The van der Waals surface area contributed by atoms with E-state index in [0.29, 0.717) is 16.6 Å². The van der Waals surface area contributed by atoms with Crippen LogP contribution in [0.3, 0.4) is 0 Å².